The van der Waals surface area contributed by atoms with Crippen LogP contribution in [0.4, 0.5) is 0 Å². The average molecular weight is 251 g/mol. The first-order valence-electron chi connectivity index (χ1n) is 6.14. The van der Waals surface area contributed by atoms with E-state index in [0.717, 1.165) is 0 Å². The highest BCUT2D eigenvalue weighted by Crippen LogP contribution is 2.01. The Morgan fingerprint density at radius 3 is 3.00 bits per heavy atom. The Morgan fingerprint density at radius 2 is 2.33 bits per heavy atom. The van der Waals surface area contributed by atoms with E-state index in [0.29, 0.717) is 43.5 Å². The van der Waals surface area contributed by atoms with Gasteiger partial charge >= 0.3 is 0 Å². The Balaban J connectivity index is 2.31. The van der Waals surface area contributed by atoms with Gasteiger partial charge in [0.15, 0.2) is 0 Å². The van der Waals surface area contributed by atoms with E-state index in [-0.39, 0.29) is 5.91 Å². The smallest absolute Gasteiger partial charge is 0.251 e. The van der Waals surface area contributed by atoms with Gasteiger partial charge in [-0.25, -0.2) is 0 Å². The van der Waals surface area contributed by atoms with E-state index in [4.69, 9.17) is 10.5 Å². The molecule has 0 aliphatic heterocycles. The van der Waals surface area contributed by atoms with E-state index in [1.54, 1.807) is 18.3 Å². The molecule has 1 aromatic rings. The molecule has 0 aromatic carbocycles. The fraction of sp³-hybridized carbons (Fsp3) is 0.538. The van der Waals surface area contributed by atoms with Crippen molar-refractivity contribution in [2.24, 2.45) is 11.7 Å². The first-order chi connectivity index (χ1) is 8.63. The number of nitrogens with zero attached hydrogens (tertiary/aromatic N) is 1. The summed E-state index contributed by atoms with van der Waals surface area (Å²) in [5.74, 6) is 0.383. The molecule has 100 valence electrons. The summed E-state index contributed by atoms with van der Waals surface area (Å²) in [6, 6.07) is 3.37. The molecule has 0 bridgehead atoms. The second-order valence-corrected chi connectivity index (χ2v) is 4.46. The van der Waals surface area contributed by atoms with Crippen LogP contribution in [0.25, 0.3) is 0 Å². The van der Waals surface area contributed by atoms with Crippen LogP contribution in [0, 0.1) is 5.92 Å². The van der Waals surface area contributed by atoms with Gasteiger partial charge in [0.1, 0.15) is 0 Å². The zero-order valence-electron chi connectivity index (χ0n) is 11.0. The number of nitrogens with two attached hydrogens (primary N) is 1. The summed E-state index contributed by atoms with van der Waals surface area (Å²) in [5.41, 5.74) is 6.76. The van der Waals surface area contributed by atoms with Crippen molar-refractivity contribution in [3.05, 3.63) is 29.6 Å². The van der Waals surface area contributed by atoms with Gasteiger partial charge in [0.25, 0.3) is 5.91 Å². The molecule has 0 saturated carbocycles. The van der Waals surface area contributed by atoms with Crippen molar-refractivity contribution in [3.63, 3.8) is 0 Å². The number of hydrogen-bond donors (Lipinski definition) is 2. The van der Waals surface area contributed by atoms with E-state index in [2.05, 4.69) is 24.1 Å². The lowest BCUT2D eigenvalue weighted by Crippen LogP contribution is -2.27. The number of amides is 1. The lowest BCUT2D eigenvalue weighted by Gasteiger charge is -2.08. The third kappa shape index (κ3) is 5.25. The quantitative estimate of drug-likeness (QED) is 0.707. The van der Waals surface area contributed by atoms with E-state index >= 15 is 0 Å². The molecule has 1 aromatic heterocycles. The van der Waals surface area contributed by atoms with Crippen molar-refractivity contribution < 1.29 is 9.53 Å². The van der Waals surface area contributed by atoms with Crippen molar-refractivity contribution in [2.75, 3.05) is 19.8 Å². The van der Waals surface area contributed by atoms with Crippen LogP contribution in [0.15, 0.2) is 18.3 Å². The number of aromatic nitrogens is 1. The number of rotatable bonds is 7. The lowest BCUT2D eigenvalue weighted by molar-refractivity contribution is 0.0886. The fourth-order valence-corrected chi connectivity index (χ4v) is 1.39. The molecule has 0 saturated heterocycles. The zero-order chi connectivity index (χ0) is 13.4. The van der Waals surface area contributed by atoms with Gasteiger partial charge in [-0.05, 0) is 18.1 Å². The molecule has 0 radical (unpaired) electrons. The highest BCUT2D eigenvalue weighted by molar-refractivity contribution is 5.94. The van der Waals surface area contributed by atoms with Crippen molar-refractivity contribution in [1.29, 1.82) is 0 Å². The Labute approximate surface area is 108 Å². The summed E-state index contributed by atoms with van der Waals surface area (Å²) < 4.78 is 5.38. The van der Waals surface area contributed by atoms with Crippen LogP contribution in [-0.2, 0) is 11.3 Å². The second-order valence-electron chi connectivity index (χ2n) is 4.46. The maximum Gasteiger partial charge on any atom is 0.251 e. The molecule has 0 aliphatic rings. The molecule has 1 rings (SSSR count). The predicted molar refractivity (Wildman–Crippen MR) is 70.1 cm³/mol. The Hall–Kier alpha value is -1.46. The van der Waals surface area contributed by atoms with Gasteiger partial charge in [0.05, 0.1) is 12.3 Å². The van der Waals surface area contributed by atoms with E-state index in [9.17, 15) is 4.79 Å². The minimum atomic E-state index is -0.125. The number of nitrogens with one attached hydrogen (secondary N) is 1. The highest BCUT2D eigenvalue weighted by atomic mass is 16.5. The monoisotopic (exact) mass is 251 g/mol. The summed E-state index contributed by atoms with van der Waals surface area (Å²) in [7, 11) is 0. The molecule has 3 N–H and O–H groups in total. The molecule has 0 aliphatic carbocycles. The zero-order valence-corrected chi connectivity index (χ0v) is 11.0. The molecule has 5 nitrogen and oxygen atoms in total. The third-order valence-corrected chi connectivity index (χ3v) is 2.27. The summed E-state index contributed by atoms with van der Waals surface area (Å²) in [6.07, 6.45) is 1.59. The van der Waals surface area contributed by atoms with Crippen molar-refractivity contribution in [2.45, 2.75) is 20.4 Å². The number of hydrogen-bond acceptors (Lipinski definition) is 4. The molecule has 0 atom stereocenters. The summed E-state index contributed by atoms with van der Waals surface area (Å²) in [4.78, 5) is 15.8. The van der Waals surface area contributed by atoms with Gasteiger partial charge in [-0.1, -0.05) is 13.8 Å². The van der Waals surface area contributed by atoms with Crippen LogP contribution in [0.3, 0.4) is 0 Å². The van der Waals surface area contributed by atoms with E-state index in [1.807, 2.05) is 0 Å². The molecule has 0 unspecified atom stereocenters. The first-order valence-corrected chi connectivity index (χ1v) is 6.14. The van der Waals surface area contributed by atoms with Gasteiger partial charge in [0, 0.05) is 31.5 Å². The first kappa shape index (κ1) is 14.6. The van der Waals surface area contributed by atoms with Gasteiger partial charge in [0.2, 0.25) is 0 Å². The van der Waals surface area contributed by atoms with Crippen LogP contribution in [0.1, 0.15) is 29.9 Å². The largest absolute Gasteiger partial charge is 0.379 e. The molecular weight excluding hydrogens is 230 g/mol. The van der Waals surface area contributed by atoms with E-state index in [1.165, 1.54) is 0 Å². The summed E-state index contributed by atoms with van der Waals surface area (Å²) >= 11 is 0. The molecule has 0 spiro atoms. The molecule has 1 heterocycles. The standard InChI is InChI=1S/C13H21N3O2/c1-10(2)9-18-6-5-16-13(17)11-3-4-15-12(7-11)8-14/h3-4,7,10H,5-6,8-9,14H2,1-2H3,(H,16,17). The number of ether oxygens (including phenoxy) is 1. The normalized spacial score (nSPS) is 10.7. The highest BCUT2D eigenvalue weighted by Gasteiger charge is 2.05. The summed E-state index contributed by atoms with van der Waals surface area (Å²) in [6.45, 7) is 6.25. The van der Waals surface area contributed by atoms with Gasteiger partial charge in [-0.15, -0.1) is 0 Å². The molecule has 0 fully saturated rings. The van der Waals surface area contributed by atoms with Crippen molar-refractivity contribution in [3.8, 4) is 0 Å². The Kier molecular flexibility index (Phi) is 6.32. The molecule has 5 heteroatoms. The van der Waals surface area contributed by atoms with Crippen LogP contribution < -0.4 is 11.1 Å². The van der Waals surface area contributed by atoms with Crippen LogP contribution in [0.5, 0.6) is 0 Å². The lowest BCUT2D eigenvalue weighted by atomic mass is 10.2. The van der Waals surface area contributed by atoms with E-state index < -0.39 is 0 Å². The molecule has 18 heavy (non-hydrogen) atoms. The average Bonchev–Trinajstić information content (AvgIpc) is 2.37. The number of carbonyl (C=O) groups excluding carboxylic acids is 1. The maximum atomic E-state index is 11.8. The van der Waals surface area contributed by atoms with Gasteiger partial charge < -0.3 is 15.8 Å². The molecular formula is C13H21N3O2. The fourth-order valence-electron chi connectivity index (χ4n) is 1.39. The second kappa shape index (κ2) is 7.79. The SMILES string of the molecule is CC(C)COCCNC(=O)c1ccnc(CN)c1. The third-order valence-electron chi connectivity index (χ3n) is 2.27. The topological polar surface area (TPSA) is 77.2 Å². The Bertz CT molecular complexity index is 380. The van der Waals surface area contributed by atoms with Gasteiger partial charge in [-0.3, -0.25) is 9.78 Å². The van der Waals surface area contributed by atoms with Gasteiger partial charge in [-0.2, -0.15) is 0 Å². The Morgan fingerprint density at radius 1 is 1.56 bits per heavy atom. The number of pyridine rings is 1. The van der Waals surface area contributed by atoms with Crippen molar-refractivity contribution >= 4 is 5.91 Å². The maximum absolute atomic E-state index is 11.8. The molecule has 1 amide bonds. The van der Waals surface area contributed by atoms with Crippen LogP contribution in [0.2, 0.25) is 0 Å². The summed E-state index contributed by atoms with van der Waals surface area (Å²) in [5, 5.41) is 2.79. The predicted octanol–water partition coefficient (Wildman–Crippen LogP) is 0.943. The van der Waals surface area contributed by atoms with Crippen molar-refractivity contribution in [1.82, 2.24) is 10.3 Å². The minimum absolute atomic E-state index is 0.125. The minimum Gasteiger partial charge on any atom is -0.379 e. The van der Waals surface area contributed by atoms with Crippen LogP contribution >= 0.6 is 0 Å². The van der Waals surface area contributed by atoms with Crippen LogP contribution in [-0.4, -0.2) is 30.6 Å². The number of carbonyl (C=O) groups is 1.